The van der Waals surface area contributed by atoms with Crippen LogP contribution in [0.1, 0.15) is 11.4 Å². The van der Waals surface area contributed by atoms with Crippen LogP contribution in [-0.4, -0.2) is 14.6 Å². The van der Waals surface area contributed by atoms with E-state index in [2.05, 4.69) is 10.2 Å². The number of nitrogens with zero attached hydrogens (tertiary/aromatic N) is 3. The van der Waals surface area contributed by atoms with Crippen molar-refractivity contribution in [3.63, 3.8) is 0 Å². The van der Waals surface area contributed by atoms with Crippen LogP contribution in [0, 0.1) is 5.82 Å². The lowest BCUT2D eigenvalue weighted by atomic mass is 10.1. The summed E-state index contributed by atoms with van der Waals surface area (Å²) < 4.78 is 15.4. The van der Waals surface area contributed by atoms with Crippen molar-refractivity contribution >= 4 is 5.65 Å². The average Bonchev–Trinajstić information content (AvgIpc) is 2.76. The summed E-state index contributed by atoms with van der Waals surface area (Å²) in [7, 11) is 0. The third-order valence-corrected chi connectivity index (χ3v) is 2.69. The predicted octanol–water partition coefficient (Wildman–Crippen LogP) is 2.46. The summed E-state index contributed by atoms with van der Waals surface area (Å²) in [5.74, 6) is 0.533. The van der Waals surface area contributed by atoms with E-state index in [0.29, 0.717) is 12.0 Å². The fourth-order valence-electron chi connectivity index (χ4n) is 1.82. The molecule has 3 nitrogen and oxygen atoms in total. The molecule has 0 saturated heterocycles. The number of fused-ring (bicyclic) bond motifs is 1. The molecular formula is C13H10FN3. The van der Waals surface area contributed by atoms with Crippen LogP contribution in [0.3, 0.4) is 0 Å². The molecule has 3 rings (SSSR count). The van der Waals surface area contributed by atoms with Crippen LogP contribution in [-0.2, 0) is 6.42 Å². The molecule has 0 amide bonds. The molecule has 2 aromatic heterocycles. The zero-order valence-electron chi connectivity index (χ0n) is 9.05. The normalized spacial score (nSPS) is 10.9. The number of hydrogen-bond acceptors (Lipinski definition) is 2. The second kappa shape index (κ2) is 3.97. The molecule has 0 atom stereocenters. The highest BCUT2D eigenvalue weighted by atomic mass is 19.1. The van der Waals surface area contributed by atoms with E-state index in [-0.39, 0.29) is 5.82 Å². The molecule has 0 bridgehead atoms. The fraction of sp³-hybridized carbons (Fsp3) is 0.0769. The van der Waals surface area contributed by atoms with Gasteiger partial charge in [-0.1, -0.05) is 24.3 Å². The van der Waals surface area contributed by atoms with E-state index in [9.17, 15) is 4.39 Å². The van der Waals surface area contributed by atoms with Gasteiger partial charge in [0.1, 0.15) is 11.6 Å². The molecular weight excluding hydrogens is 217 g/mol. The van der Waals surface area contributed by atoms with E-state index < -0.39 is 0 Å². The molecule has 0 unspecified atom stereocenters. The molecule has 84 valence electrons. The van der Waals surface area contributed by atoms with Crippen LogP contribution in [0.2, 0.25) is 0 Å². The second-order valence-electron chi connectivity index (χ2n) is 3.81. The summed E-state index contributed by atoms with van der Waals surface area (Å²) in [6, 6.07) is 12.4. The summed E-state index contributed by atoms with van der Waals surface area (Å²) in [6.45, 7) is 0. The van der Waals surface area contributed by atoms with Crippen molar-refractivity contribution in [2.75, 3.05) is 0 Å². The zero-order valence-corrected chi connectivity index (χ0v) is 9.05. The maximum absolute atomic E-state index is 13.5. The summed E-state index contributed by atoms with van der Waals surface area (Å²) in [6.07, 6.45) is 2.32. The Bertz CT molecular complexity index is 660. The Morgan fingerprint density at radius 1 is 1.00 bits per heavy atom. The maximum Gasteiger partial charge on any atom is 0.160 e. The molecule has 0 aliphatic rings. The summed E-state index contributed by atoms with van der Waals surface area (Å²) in [5, 5.41) is 8.11. The van der Waals surface area contributed by atoms with E-state index in [1.165, 1.54) is 6.07 Å². The first-order valence-electron chi connectivity index (χ1n) is 5.36. The molecule has 2 heterocycles. The molecule has 0 fully saturated rings. The molecule has 0 radical (unpaired) electrons. The Morgan fingerprint density at radius 2 is 1.82 bits per heavy atom. The molecule has 4 heteroatoms. The van der Waals surface area contributed by atoms with Gasteiger partial charge in [-0.05, 0) is 23.8 Å². The average molecular weight is 227 g/mol. The number of hydrogen-bond donors (Lipinski definition) is 0. The lowest BCUT2D eigenvalue weighted by Gasteiger charge is -2.01. The van der Waals surface area contributed by atoms with E-state index in [4.69, 9.17) is 0 Å². The lowest BCUT2D eigenvalue weighted by Crippen LogP contribution is -1.98. The minimum atomic E-state index is -0.208. The Morgan fingerprint density at radius 3 is 2.71 bits per heavy atom. The second-order valence-corrected chi connectivity index (χ2v) is 3.81. The number of benzene rings is 1. The summed E-state index contributed by atoms with van der Waals surface area (Å²) in [4.78, 5) is 0. The van der Waals surface area contributed by atoms with E-state index in [1.807, 2.05) is 34.9 Å². The predicted molar refractivity (Wildman–Crippen MR) is 62.2 cm³/mol. The van der Waals surface area contributed by atoms with Gasteiger partial charge in [-0.2, -0.15) is 0 Å². The molecule has 0 saturated carbocycles. The molecule has 1 aromatic carbocycles. The molecule has 3 aromatic rings. The third kappa shape index (κ3) is 1.78. The maximum atomic E-state index is 13.5. The quantitative estimate of drug-likeness (QED) is 0.673. The van der Waals surface area contributed by atoms with Crippen molar-refractivity contribution < 1.29 is 4.39 Å². The van der Waals surface area contributed by atoms with Crippen LogP contribution < -0.4 is 0 Å². The van der Waals surface area contributed by atoms with Gasteiger partial charge in [0.05, 0.1) is 0 Å². The van der Waals surface area contributed by atoms with Gasteiger partial charge < -0.3 is 0 Å². The van der Waals surface area contributed by atoms with Gasteiger partial charge in [-0.3, -0.25) is 4.40 Å². The summed E-state index contributed by atoms with van der Waals surface area (Å²) in [5.41, 5.74) is 1.41. The number of rotatable bonds is 2. The van der Waals surface area contributed by atoms with Gasteiger partial charge in [-0.15, -0.1) is 10.2 Å². The first kappa shape index (κ1) is 9.96. The Hall–Kier alpha value is -2.23. The van der Waals surface area contributed by atoms with Gasteiger partial charge in [0.2, 0.25) is 0 Å². The van der Waals surface area contributed by atoms with Crippen molar-refractivity contribution in [2.45, 2.75) is 6.42 Å². The van der Waals surface area contributed by atoms with E-state index in [1.54, 1.807) is 12.1 Å². The molecule has 17 heavy (non-hydrogen) atoms. The highest BCUT2D eigenvalue weighted by Gasteiger charge is 2.08. The van der Waals surface area contributed by atoms with E-state index in [0.717, 1.165) is 11.5 Å². The minimum absolute atomic E-state index is 0.208. The smallest absolute Gasteiger partial charge is 0.160 e. The zero-order chi connectivity index (χ0) is 11.7. The Balaban J connectivity index is 2.03. The van der Waals surface area contributed by atoms with Crippen LogP contribution in [0.5, 0.6) is 0 Å². The number of pyridine rings is 1. The molecule has 0 N–H and O–H groups in total. The van der Waals surface area contributed by atoms with Crippen LogP contribution in [0.25, 0.3) is 5.65 Å². The highest BCUT2D eigenvalue weighted by Crippen LogP contribution is 2.12. The van der Waals surface area contributed by atoms with Crippen molar-refractivity contribution in [3.8, 4) is 0 Å². The van der Waals surface area contributed by atoms with Crippen LogP contribution in [0.4, 0.5) is 4.39 Å². The summed E-state index contributed by atoms with van der Waals surface area (Å²) >= 11 is 0. The van der Waals surface area contributed by atoms with Crippen LogP contribution >= 0.6 is 0 Å². The monoisotopic (exact) mass is 227 g/mol. The number of halogens is 1. The van der Waals surface area contributed by atoms with Crippen molar-refractivity contribution in [1.82, 2.24) is 14.6 Å². The Kier molecular flexibility index (Phi) is 2.33. The molecule has 0 aliphatic carbocycles. The molecule has 0 aliphatic heterocycles. The van der Waals surface area contributed by atoms with E-state index >= 15 is 0 Å². The van der Waals surface area contributed by atoms with Gasteiger partial charge in [-0.25, -0.2) is 4.39 Å². The Labute approximate surface area is 97.5 Å². The molecule has 0 spiro atoms. The van der Waals surface area contributed by atoms with Crippen LogP contribution in [0.15, 0.2) is 48.7 Å². The highest BCUT2D eigenvalue weighted by molar-refractivity contribution is 5.38. The van der Waals surface area contributed by atoms with Gasteiger partial charge >= 0.3 is 0 Å². The third-order valence-electron chi connectivity index (χ3n) is 2.69. The standard InChI is InChI=1S/C13H10FN3/c14-11-6-2-1-5-10(11)9-13-16-15-12-7-3-4-8-17(12)13/h1-8H,9H2. The first-order valence-corrected chi connectivity index (χ1v) is 5.36. The van der Waals surface area contributed by atoms with Gasteiger partial charge in [0, 0.05) is 12.6 Å². The van der Waals surface area contributed by atoms with Crippen molar-refractivity contribution in [2.24, 2.45) is 0 Å². The lowest BCUT2D eigenvalue weighted by molar-refractivity contribution is 0.611. The van der Waals surface area contributed by atoms with Crippen molar-refractivity contribution in [3.05, 3.63) is 65.9 Å². The number of aromatic nitrogens is 3. The topological polar surface area (TPSA) is 30.2 Å². The largest absolute Gasteiger partial charge is 0.286 e. The minimum Gasteiger partial charge on any atom is -0.286 e. The fourth-order valence-corrected chi connectivity index (χ4v) is 1.82. The van der Waals surface area contributed by atoms with Gasteiger partial charge in [0.15, 0.2) is 5.65 Å². The first-order chi connectivity index (χ1) is 8.34. The van der Waals surface area contributed by atoms with Crippen molar-refractivity contribution in [1.29, 1.82) is 0 Å². The SMILES string of the molecule is Fc1ccccc1Cc1nnc2ccccn12. The van der Waals surface area contributed by atoms with Gasteiger partial charge in [0.25, 0.3) is 0 Å².